The Labute approximate surface area is 214 Å². The molecule has 2 aliphatic rings. The fraction of sp³-hybridized carbons (Fsp3) is 0.400. The number of amides is 1. The second-order valence-electron chi connectivity index (χ2n) is 8.75. The van der Waals surface area contributed by atoms with Gasteiger partial charge in [-0.05, 0) is 62.2 Å². The maximum atomic E-state index is 14.6. The average Bonchev–Trinajstić information content (AvgIpc) is 2.87. The molecule has 5 rings (SSSR count). The standard InChI is InChI=1S/C25H28FN5O2S.ClH/c1-33-18-2-3-22-20(11-18)19(21(26)14-28-22)6-9-31-7-4-17(5-8-31)27-12-16-10-23-25(29-13-16)34-15-24(32)30-23;/h2-3,10-11,13-14,17,27H,4-9,12,15H2,1H3,(H,30,32);1H. The number of anilines is 1. The van der Waals surface area contributed by atoms with E-state index in [9.17, 15) is 9.18 Å². The second kappa shape index (κ2) is 11.5. The molecule has 3 aromatic rings. The van der Waals surface area contributed by atoms with Gasteiger partial charge in [0.25, 0.3) is 0 Å². The van der Waals surface area contributed by atoms with Crippen LogP contribution in [-0.4, -0.2) is 59.3 Å². The van der Waals surface area contributed by atoms with Crippen LogP contribution in [0.25, 0.3) is 10.9 Å². The quantitative estimate of drug-likeness (QED) is 0.489. The number of benzene rings is 1. The third-order valence-corrected chi connectivity index (χ3v) is 7.52. The van der Waals surface area contributed by atoms with E-state index in [4.69, 9.17) is 4.74 Å². The summed E-state index contributed by atoms with van der Waals surface area (Å²) in [5.41, 5.74) is 3.37. The number of nitrogens with zero attached hydrogens (tertiary/aromatic N) is 3. The van der Waals surface area contributed by atoms with E-state index in [1.54, 1.807) is 7.11 Å². The number of rotatable bonds is 7. The fourth-order valence-corrected chi connectivity index (χ4v) is 5.33. The van der Waals surface area contributed by atoms with Crippen molar-refractivity contribution in [2.24, 2.45) is 0 Å². The number of hydrogen-bond donors (Lipinski definition) is 2. The third-order valence-electron chi connectivity index (χ3n) is 6.52. The minimum absolute atomic E-state index is 0. The van der Waals surface area contributed by atoms with Crippen LogP contribution in [0.5, 0.6) is 5.75 Å². The normalized spacial score (nSPS) is 16.5. The first-order valence-electron chi connectivity index (χ1n) is 11.6. The van der Waals surface area contributed by atoms with Crippen LogP contribution in [0.1, 0.15) is 24.0 Å². The molecule has 0 aliphatic carbocycles. The van der Waals surface area contributed by atoms with Crippen LogP contribution in [0.2, 0.25) is 0 Å². The molecule has 35 heavy (non-hydrogen) atoms. The largest absolute Gasteiger partial charge is 0.497 e. The highest BCUT2D eigenvalue weighted by Gasteiger charge is 2.21. The van der Waals surface area contributed by atoms with Gasteiger partial charge in [-0.25, -0.2) is 9.37 Å². The van der Waals surface area contributed by atoms with Crippen LogP contribution in [0.3, 0.4) is 0 Å². The van der Waals surface area contributed by atoms with Gasteiger partial charge in [-0.3, -0.25) is 9.78 Å². The van der Waals surface area contributed by atoms with Crippen LogP contribution in [0.4, 0.5) is 10.1 Å². The molecule has 0 unspecified atom stereocenters. The van der Waals surface area contributed by atoms with Gasteiger partial charge in [0, 0.05) is 36.3 Å². The number of carbonyl (C=O) groups excluding carboxylic acids is 1. The molecule has 1 fully saturated rings. The first-order chi connectivity index (χ1) is 16.6. The number of aromatic nitrogens is 2. The molecule has 1 saturated heterocycles. The lowest BCUT2D eigenvalue weighted by atomic mass is 10.0. The monoisotopic (exact) mass is 517 g/mol. The number of likely N-dealkylation sites (tertiary alicyclic amines) is 1. The van der Waals surface area contributed by atoms with Crippen molar-refractivity contribution in [2.75, 3.05) is 37.8 Å². The van der Waals surface area contributed by atoms with E-state index >= 15 is 0 Å². The molecule has 4 heterocycles. The predicted molar refractivity (Wildman–Crippen MR) is 139 cm³/mol. The lowest BCUT2D eigenvalue weighted by Gasteiger charge is -2.32. The van der Waals surface area contributed by atoms with E-state index in [0.717, 1.165) is 66.2 Å². The summed E-state index contributed by atoms with van der Waals surface area (Å²) in [6.45, 7) is 3.48. The zero-order chi connectivity index (χ0) is 23.5. The molecule has 0 saturated carbocycles. The SMILES string of the molecule is COc1ccc2ncc(F)c(CCN3CCC(NCc4cnc5c(c4)NC(=O)CS5)CC3)c2c1.Cl. The summed E-state index contributed by atoms with van der Waals surface area (Å²) in [6.07, 6.45) is 5.92. The van der Waals surface area contributed by atoms with Gasteiger partial charge in [0.1, 0.15) is 16.6 Å². The van der Waals surface area contributed by atoms with Crippen molar-refractivity contribution in [1.82, 2.24) is 20.2 Å². The number of pyridine rings is 2. The zero-order valence-electron chi connectivity index (χ0n) is 19.6. The molecule has 1 amide bonds. The first kappa shape index (κ1) is 25.6. The maximum absolute atomic E-state index is 14.6. The fourth-order valence-electron chi connectivity index (χ4n) is 4.59. The maximum Gasteiger partial charge on any atom is 0.234 e. The molecule has 2 aromatic heterocycles. The Morgan fingerprint density at radius 2 is 2.06 bits per heavy atom. The minimum Gasteiger partial charge on any atom is -0.497 e. The topological polar surface area (TPSA) is 79.4 Å². The molecule has 0 bridgehead atoms. The number of piperidine rings is 1. The Hall–Kier alpha value is -2.46. The minimum atomic E-state index is -0.259. The highest BCUT2D eigenvalue weighted by Crippen LogP contribution is 2.30. The molecule has 7 nitrogen and oxygen atoms in total. The molecule has 186 valence electrons. The number of thioether (sulfide) groups is 1. The summed E-state index contributed by atoms with van der Waals surface area (Å²) >= 11 is 1.48. The highest BCUT2D eigenvalue weighted by atomic mass is 35.5. The van der Waals surface area contributed by atoms with E-state index in [-0.39, 0.29) is 24.1 Å². The Morgan fingerprint density at radius 3 is 2.86 bits per heavy atom. The number of halogens is 2. The first-order valence-corrected chi connectivity index (χ1v) is 12.6. The van der Waals surface area contributed by atoms with Gasteiger partial charge in [-0.2, -0.15) is 0 Å². The Bertz CT molecular complexity index is 1210. The number of fused-ring (bicyclic) bond motifs is 2. The van der Waals surface area contributed by atoms with Crippen LogP contribution < -0.4 is 15.4 Å². The predicted octanol–water partition coefficient (Wildman–Crippen LogP) is 4.04. The number of hydrogen-bond acceptors (Lipinski definition) is 7. The molecule has 0 radical (unpaired) electrons. The van der Waals surface area contributed by atoms with Gasteiger partial charge >= 0.3 is 0 Å². The second-order valence-corrected chi connectivity index (χ2v) is 9.71. The van der Waals surface area contributed by atoms with Gasteiger partial charge in [-0.1, -0.05) is 11.8 Å². The van der Waals surface area contributed by atoms with Gasteiger partial charge in [-0.15, -0.1) is 12.4 Å². The van der Waals surface area contributed by atoms with Gasteiger partial charge in [0.2, 0.25) is 5.91 Å². The van der Waals surface area contributed by atoms with Crippen molar-refractivity contribution >= 4 is 46.7 Å². The zero-order valence-corrected chi connectivity index (χ0v) is 21.2. The summed E-state index contributed by atoms with van der Waals surface area (Å²) in [6, 6.07) is 8.04. The van der Waals surface area contributed by atoms with E-state index in [0.29, 0.717) is 29.5 Å². The van der Waals surface area contributed by atoms with Crippen LogP contribution >= 0.6 is 24.2 Å². The smallest absolute Gasteiger partial charge is 0.234 e. The molecular weight excluding hydrogens is 489 g/mol. The number of nitrogens with one attached hydrogen (secondary N) is 2. The van der Waals surface area contributed by atoms with Gasteiger partial charge < -0.3 is 20.3 Å². The van der Waals surface area contributed by atoms with Crippen LogP contribution in [-0.2, 0) is 17.8 Å². The van der Waals surface area contributed by atoms with E-state index in [2.05, 4.69) is 25.5 Å². The average molecular weight is 518 g/mol. The molecule has 1 aromatic carbocycles. The highest BCUT2D eigenvalue weighted by molar-refractivity contribution is 8.00. The lowest BCUT2D eigenvalue weighted by Crippen LogP contribution is -2.42. The number of methoxy groups -OCH3 is 1. The van der Waals surface area contributed by atoms with Crippen molar-refractivity contribution in [1.29, 1.82) is 0 Å². The van der Waals surface area contributed by atoms with Crippen molar-refractivity contribution in [3.05, 3.63) is 53.6 Å². The Kier molecular flexibility index (Phi) is 8.43. The Morgan fingerprint density at radius 1 is 1.23 bits per heavy atom. The van der Waals surface area contributed by atoms with E-state index in [1.807, 2.05) is 30.5 Å². The summed E-state index contributed by atoms with van der Waals surface area (Å²) in [5, 5.41) is 8.23. The molecule has 0 atom stereocenters. The van der Waals surface area contributed by atoms with Gasteiger partial charge in [0.15, 0.2) is 0 Å². The Balaban J connectivity index is 0.00000289. The molecular formula is C25H29ClFN5O2S. The van der Waals surface area contributed by atoms with Gasteiger partial charge in [0.05, 0.1) is 30.3 Å². The third kappa shape index (κ3) is 6.03. The number of ether oxygens (including phenoxy) is 1. The summed E-state index contributed by atoms with van der Waals surface area (Å²) in [7, 11) is 1.62. The van der Waals surface area contributed by atoms with Crippen molar-refractivity contribution < 1.29 is 13.9 Å². The molecule has 10 heteroatoms. The summed E-state index contributed by atoms with van der Waals surface area (Å²) in [5.74, 6) is 0.901. The lowest BCUT2D eigenvalue weighted by molar-refractivity contribution is -0.113. The number of carbonyl (C=O) groups is 1. The van der Waals surface area contributed by atoms with E-state index < -0.39 is 0 Å². The van der Waals surface area contributed by atoms with Crippen molar-refractivity contribution in [2.45, 2.75) is 36.9 Å². The van der Waals surface area contributed by atoms with Crippen molar-refractivity contribution in [3.63, 3.8) is 0 Å². The molecule has 2 aliphatic heterocycles. The van der Waals surface area contributed by atoms with Crippen LogP contribution in [0, 0.1) is 5.82 Å². The van der Waals surface area contributed by atoms with Crippen LogP contribution in [0.15, 0.2) is 41.7 Å². The summed E-state index contributed by atoms with van der Waals surface area (Å²) in [4.78, 5) is 22.7. The molecule has 2 N–H and O–H groups in total. The molecule has 0 spiro atoms. The van der Waals surface area contributed by atoms with E-state index in [1.165, 1.54) is 18.0 Å². The summed E-state index contributed by atoms with van der Waals surface area (Å²) < 4.78 is 19.9. The van der Waals surface area contributed by atoms with Crippen molar-refractivity contribution in [3.8, 4) is 5.75 Å².